The molecule has 2 aromatic rings. The Kier molecular flexibility index (Phi) is 7.10. The van der Waals surface area contributed by atoms with Crippen molar-refractivity contribution in [1.82, 2.24) is 14.7 Å². The van der Waals surface area contributed by atoms with Crippen LogP contribution in [0.1, 0.15) is 10.4 Å². The van der Waals surface area contributed by atoms with E-state index in [1.165, 1.54) is 0 Å². The minimum atomic E-state index is -0.580. The fourth-order valence-electron chi connectivity index (χ4n) is 4.42. The van der Waals surface area contributed by atoms with E-state index in [1.807, 2.05) is 30.3 Å². The van der Waals surface area contributed by atoms with Crippen LogP contribution in [0.15, 0.2) is 54.6 Å². The standard InChI is InChI=1S/C24H29ClN4O3/c1-26(20-5-3-2-4-6-20)23(31)17-27-11-13-28(14-12-27)21-15-29(16-22(21)30)24(32)18-7-9-19(25)10-8-18/h2-10,21-22,30H,11-17H2,1H3/t21-,22-/m0/s1. The molecule has 4 rings (SSSR count). The third-order valence-corrected chi connectivity index (χ3v) is 6.64. The van der Waals surface area contributed by atoms with Gasteiger partial charge in [-0.2, -0.15) is 0 Å². The van der Waals surface area contributed by atoms with Crippen LogP contribution in [-0.4, -0.2) is 96.6 Å². The maximum absolute atomic E-state index is 12.8. The fraction of sp³-hybridized carbons (Fsp3) is 0.417. The van der Waals surface area contributed by atoms with Crippen molar-refractivity contribution in [2.75, 3.05) is 57.8 Å². The Hall–Kier alpha value is -2.45. The topological polar surface area (TPSA) is 67.3 Å². The van der Waals surface area contributed by atoms with Crippen molar-refractivity contribution < 1.29 is 14.7 Å². The van der Waals surface area contributed by atoms with Crippen molar-refractivity contribution in [3.05, 3.63) is 65.2 Å². The van der Waals surface area contributed by atoms with Crippen LogP contribution in [0, 0.1) is 0 Å². The summed E-state index contributed by atoms with van der Waals surface area (Å²) >= 11 is 5.92. The molecule has 1 N–H and O–H groups in total. The summed E-state index contributed by atoms with van der Waals surface area (Å²) in [5.41, 5.74) is 1.46. The zero-order valence-electron chi connectivity index (χ0n) is 18.2. The van der Waals surface area contributed by atoms with Crippen molar-refractivity contribution >= 4 is 29.1 Å². The van der Waals surface area contributed by atoms with Gasteiger partial charge in [0.15, 0.2) is 0 Å². The van der Waals surface area contributed by atoms with Gasteiger partial charge in [0.1, 0.15) is 0 Å². The maximum atomic E-state index is 12.8. The molecule has 2 aliphatic heterocycles. The number of anilines is 1. The molecule has 2 aliphatic rings. The van der Waals surface area contributed by atoms with E-state index in [9.17, 15) is 14.7 Å². The number of halogens is 1. The molecule has 8 heteroatoms. The van der Waals surface area contributed by atoms with E-state index in [0.29, 0.717) is 30.2 Å². The van der Waals surface area contributed by atoms with Gasteiger partial charge in [-0.25, -0.2) is 0 Å². The first kappa shape index (κ1) is 22.7. The Labute approximate surface area is 193 Å². The minimum absolute atomic E-state index is 0.0605. The van der Waals surface area contributed by atoms with Gasteiger partial charge in [0.25, 0.3) is 5.91 Å². The molecule has 170 valence electrons. The van der Waals surface area contributed by atoms with Crippen molar-refractivity contribution in [3.8, 4) is 0 Å². The lowest BCUT2D eigenvalue weighted by Gasteiger charge is -2.38. The molecule has 2 fully saturated rings. The molecule has 2 aromatic carbocycles. The number of hydrogen-bond donors (Lipinski definition) is 1. The first-order valence-corrected chi connectivity index (χ1v) is 11.3. The molecule has 0 saturated carbocycles. The van der Waals surface area contributed by atoms with E-state index in [2.05, 4.69) is 9.80 Å². The lowest BCUT2D eigenvalue weighted by Crippen LogP contribution is -2.55. The molecule has 0 aliphatic carbocycles. The summed E-state index contributed by atoms with van der Waals surface area (Å²) in [4.78, 5) is 33.2. The number of aliphatic hydroxyl groups excluding tert-OH is 1. The molecular formula is C24H29ClN4O3. The van der Waals surface area contributed by atoms with Crippen molar-refractivity contribution in [2.45, 2.75) is 12.1 Å². The highest BCUT2D eigenvalue weighted by Gasteiger charge is 2.39. The van der Waals surface area contributed by atoms with E-state index in [4.69, 9.17) is 11.6 Å². The predicted molar refractivity (Wildman–Crippen MR) is 125 cm³/mol. The summed E-state index contributed by atoms with van der Waals surface area (Å²) in [6.45, 7) is 4.21. The number of β-amino-alcohol motifs (C(OH)–C–C–N with tert-alkyl or cyclic N) is 1. The number of hydrogen-bond acceptors (Lipinski definition) is 5. The van der Waals surface area contributed by atoms with Crippen LogP contribution in [0.4, 0.5) is 5.69 Å². The second-order valence-corrected chi connectivity index (χ2v) is 8.89. The molecule has 2 amide bonds. The van der Waals surface area contributed by atoms with Gasteiger partial charge in [-0.1, -0.05) is 29.8 Å². The van der Waals surface area contributed by atoms with Crippen LogP contribution >= 0.6 is 11.6 Å². The number of para-hydroxylation sites is 1. The van der Waals surface area contributed by atoms with Gasteiger partial charge in [-0.3, -0.25) is 19.4 Å². The summed E-state index contributed by atoms with van der Waals surface area (Å²) in [5, 5.41) is 11.2. The number of aliphatic hydroxyl groups is 1. The summed E-state index contributed by atoms with van der Waals surface area (Å²) in [6, 6.07) is 16.4. The zero-order valence-corrected chi connectivity index (χ0v) is 19.0. The number of rotatable bonds is 5. The van der Waals surface area contributed by atoms with Crippen LogP contribution < -0.4 is 4.90 Å². The Bertz CT molecular complexity index is 932. The second-order valence-electron chi connectivity index (χ2n) is 8.45. The molecule has 2 heterocycles. The average Bonchev–Trinajstić information content (AvgIpc) is 3.21. The van der Waals surface area contributed by atoms with E-state index in [-0.39, 0.29) is 17.9 Å². The highest BCUT2D eigenvalue weighted by atomic mass is 35.5. The normalized spacial score (nSPS) is 22.2. The first-order chi connectivity index (χ1) is 15.4. The molecule has 0 unspecified atom stereocenters. The Morgan fingerprint density at radius 2 is 1.66 bits per heavy atom. The van der Waals surface area contributed by atoms with E-state index in [0.717, 1.165) is 31.9 Å². The molecule has 32 heavy (non-hydrogen) atoms. The summed E-state index contributed by atoms with van der Waals surface area (Å²) in [7, 11) is 1.80. The Morgan fingerprint density at radius 3 is 2.31 bits per heavy atom. The first-order valence-electron chi connectivity index (χ1n) is 10.9. The number of carbonyl (C=O) groups excluding carboxylic acids is 2. The van der Waals surface area contributed by atoms with Crippen LogP contribution in [0.25, 0.3) is 0 Å². The van der Waals surface area contributed by atoms with Gasteiger partial charge in [-0.05, 0) is 36.4 Å². The molecule has 7 nitrogen and oxygen atoms in total. The third-order valence-electron chi connectivity index (χ3n) is 6.39. The molecule has 0 spiro atoms. The summed E-state index contributed by atoms with van der Waals surface area (Å²) < 4.78 is 0. The molecule has 0 radical (unpaired) electrons. The Morgan fingerprint density at radius 1 is 1.00 bits per heavy atom. The average molecular weight is 457 g/mol. The Balaban J connectivity index is 1.28. The molecule has 0 bridgehead atoms. The number of carbonyl (C=O) groups is 2. The second kappa shape index (κ2) is 10.0. The highest BCUT2D eigenvalue weighted by molar-refractivity contribution is 6.30. The number of piperazine rings is 1. The maximum Gasteiger partial charge on any atom is 0.253 e. The molecule has 0 aromatic heterocycles. The summed E-state index contributed by atoms with van der Waals surface area (Å²) in [6.07, 6.45) is -0.580. The van der Waals surface area contributed by atoms with E-state index in [1.54, 1.807) is 41.1 Å². The quantitative estimate of drug-likeness (QED) is 0.743. The SMILES string of the molecule is CN(C(=O)CN1CCN([C@H]2CN(C(=O)c3ccc(Cl)cc3)C[C@@H]2O)CC1)c1ccccc1. The van der Waals surface area contributed by atoms with Crippen molar-refractivity contribution in [2.24, 2.45) is 0 Å². The predicted octanol–water partition coefficient (Wildman–Crippen LogP) is 1.81. The highest BCUT2D eigenvalue weighted by Crippen LogP contribution is 2.21. The smallest absolute Gasteiger partial charge is 0.253 e. The van der Waals surface area contributed by atoms with Gasteiger partial charge >= 0.3 is 0 Å². The molecule has 2 saturated heterocycles. The number of likely N-dealkylation sites (N-methyl/N-ethyl adjacent to an activating group) is 1. The van der Waals surface area contributed by atoms with Crippen LogP contribution in [0.5, 0.6) is 0 Å². The van der Waals surface area contributed by atoms with Gasteiger partial charge < -0.3 is 14.9 Å². The van der Waals surface area contributed by atoms with Gasteiger partial charge in [0, 0.05) is 62.6 Å². The van der Waals surface area contributed by atoms with Crippen LogP contribution in [0.2, 0.25) is 5.02 Å². The number of nitrogens with zero attached hydrogens (tertiary/aromatic N) is 4. The van der Waals surface area contributed by atoms with Crippen molar-refractivity contribution in [3.63, 3.8) is 0 Å². The molecule has 2 atom stereocenters. The van der Waals surface area contributed by atoms with Gasteiger partial charge in [0.2, 0.25) is 5.91 Å². The van der Waals surface area contributed by atoms with Crippen LogP contribution in [0.3, 0.4) is 0 Å². The van der Waals surface area contributed by atoms with Crippen LogP contribution in [-0.2, 0) is 4.79 Å². The van der Waals surface area contributed by atoms with Crippen molar-refractivity contribution in [1.29, 1.82) is 0 Å². The number of benzene rings is 2. The monoisotopic (exact) mass is 456 g/mol. The lowest BCUT2D eigenvalue weighted by molar-refractivity contribution is -0.120. The van der Waals surface area contributed by atoms with E-state index < -0.39 is 6.10 Å². The lowest BCUT2D eigenvalue weighted by atomic mass is 10.1. The summed E-state index contributed by atoms with van der Waals surface area (Å²) in [5.74, 6) is -0.0262. The zero-order chi connectivity index (χ0) is 22.7. The number of amides is 2. The number of likely N-dealkylation sites (tertiary alicyclic amines) is 1. The largest absolute Gasteiger partial charge is 0.390 e. The van der Waals surface area contributed by atoms with Gasteiger partial charge in [0.05, 0.1) is 18.7 Å². The van der Waals surface area contributed by atoms with E-state index >= 15 is 0 Å². The minimum Gasteiger partial charge on any atom is -0.390 e. The fourth-order valence-corrected chi connectivity index (χ4v) is 4.54. The van der Waals surface area contributed by atoms with Gasteiger partial charge in [-0.15, -0.1) is 0 Å². The third kappa shape index (κ3) is 5.13. The molecular weight excluding hydrogens is 428 g/mol.